The summed E-state index contributed by atoms with van der Waals surface area (Å²) in [5.74, 6) is -0.124. The summed E-state index contributed by atoms with van der Waals surface area (Å²) in [6, 6.07) is 12.1. The van der Waals surface area contributed by atoms with E-state index in [0.29, 0.717) is 21.4 Å². The number of amides is 1. The van der Waals surface area contributed by atoms with Crippen molar-refractivity contribution in [1.82, 2.24) is 0 Å². The van der Waals surface area contributed by atoms with Crippen LogP contribution in [0.5, 0.6) is 5.75 Å². The number of halogens is 2. The Morgan fingerprint density at radius 1 is 1.14 bits per heavy atom. The van der Waals surface area contributed by atoms with E-state index in [1.165, 1.54) is 0 Å². The zero-order valence-corrected chi connectivity index (χ0v) is 13.2. The van der Waals surface area contributed by atoms with E-state index in [2.05, 4.69) is 0 Å². The van der Waals surface area contributed by atoms with Crippen molar-refractivity contribution in [2.75, 3.05) is 0 Å². The van der Waals surface area contributed by atoms with E-state index in [4.69, 9.17) is 33.7 Å². The number of carbonyl (C=O) groups excluding carboxylic acids is 1. The maximum absolute atomic E-state index is 11.9. The van der Waals surface area contributed by atoms with Crippen molar-refractivity contribution in [3.8, 4) is 5.75 Å². The fraction of sp³-hybridized carbons (Fsp3) is 0.188. The first kappa shape index (κ1) is 15.7. The van der Waals surface area contributed by atoms with Gasteiger partial charge in [-0.2, -0.15) is 0 Å². The van der Waals surface area contributed by atoms with Crippen molar-refractivity contribution < 1.29 is 9.53 Å². The number of benzene rings is 2. The first-order valence-corrected chi connectivity index (χ1v) is 7.10. The van der Waals surface area contributed by atoms with E-state index in [1.807, 2.05) is 6.92 Å². The second kappa shape index (κ2) is 5.96. The molecule has 110 valence electrons. The Bertz CT molecular complexity index is 688. The quantitative estimate of drug-likeness (QED) is 0.921. The maximum Gasteiger partial charge on any atom is 0.266 e. The molecule has 1 amide bonds. The molecule has 5 heteroatoms. The summed E-state index contributed by atoms with van der Waals surface area (Å²) in [7, 11) is 0. The topological polar surface area (TPSA) is 52.3 Å². The average Bonchev–Trinajstić information content (AvgIpc) is 2.43. The van der Waals surface area contributed by atoms with Crippen LogP contribution in [-0.2, 0) is 10.4 Å². The van der Waals surface area contributed by atoms with E-state index in [0.717, 1.165) is 5.56 Å². The summed E-state index contributed by atoms with van der Waals surface area (Å²) in [5.41, 5.74) is 5.54. The molecule has 2 N–H and O–H groups in total. The Hall–Kier alpha value is -1.71. The molecular weight excluding hydrogens is 309 g/mol. The minimum absolute atomic E-state index is 0.421. The number of aryl methyl sites for hydroxylation is 1. The minimum Gasteiger partial charge on any atom is -0.473 e. The van der Waals surface area contributed by atoms with E-state index in [9.17, 15) is 4.79 Å². The molecule has 2 rings (SSSR count). The molecule has 1 atom stereocenters. The van der Waals surface area contributed by atoms with Crippen LogP contribution in [0.2, 0.25) is 10.0 Å². The summed E-state index contributed by atoms with van der Waals surface area (Å²) in [5, 5.41) is 1.05. The van der Waals surface area contributed by atoms with Crippen molar-refractivity contribution in [2.24, 2.45) is 5.73 Å². The molecule has 0 saturated carbocycles. The van der Waals surface area contributed by atoms with Crippen LogP contribution in [0.25, 0.3) is 0 Å². The standard InChI is InChI=1S/C16H15Cl2NO2/c1-10-9-11(7-8-13(10)17)21-16(2,15(19)20)12-5-3-4-6-14(12)18/h3-9H,1-2H3,(H2,19,20). The van der Waals surface area contributed by atoms with Gasteiger partial charge in [0, 0.05) is 15.6 Å². The Kier molecular flexibility index (Phi) is 4.45. The van der Waals surface area contributed by atoms with E-state index in [-0.39, 0.29) is 0 Å². The molecule has 0 aromatic heterocycles. The normalized spacial score (nSPS) is 13.5. The number of primary amides is 1. The molecule has 0 bridgehead atoms. The predicted octanol–water partition coefficient (Wildman–Crippen LogP) is 4.08. The van der Waals surface area contributed by atoms with Gasteiger partial charge in [-0.1, -0.05) is 41.4 Å². The first-order chi connectivity index (χ1) is 9.84. The molecule has 0 saturated heterocycles. The molecule has 0 aliphatic carbocycles. The fourth-order valence-electron chi connectivity index (χ4n) is 2.00. The highest BCUT2D eigenvalue weighted by molar-refractivity contribution is 6.32. The van der Waals surface area contributed by atoms with Gasteiger partial charge in [0.25, 0.3) is 5.91 Å². The lowest BCUT2D eigenvalue weighted by atomic mass is 9.94. The van der Waals surface area contributed by atoms with Crippen LogP contribution in [-0.4, -0.2) is 5.91 Å². The highest BCUT2D eigenvalue weighted by Gasteiger charge is 2.37. The van der Waals surface area contributed by atoms with Crippen molar-refractivity contribution in [1.29, 1.82) is 0 Å². The van der Waals surface area contributed by atoms with Gasteiger partial charge in [0.15, 0.2) is 0 Å². The smallest absolute Gasteiger partial charge is 0.266 e. The molecule has 2 aromatic rings. The van der Waals surface area contributed by atoms with Gasteiger partial charge in [-0.15, -0.1) is 0 Å². The summed E-state index contributed by atoms with van der Waals surface area (Å²) in [4.78, 5) is 11.9. The van der Waals surface area contributed by atoms with Crippen LogP contribution in [0.3, 0.4) is 0 Å². The number of hydrogen-bond acceptors (Lipinski definition) is 2. The molecule has 0 spiro atoms. The van der Waals surface area contributed by atoms with Crippen molar-refractivity contribution in [3.63, 3.8) is 0 Å². The van der Waals surface area contributed by atoms with E-state index >= 15 is 0 Å². The lowest BCUT2D eigenvalue weighted by Gasteiger charge is -2.29. The first-order valence-electron chi connectivity index (χ1n) is 6.34. The Morgan fingerprint density at radius 3 is 2.38 bits per heavy atom. The van der Waals surface area contributed by atoms with Crippen LogP contribution >= 0.6 is 23.2 Å². The largest absolute Gasteiger partial charge is 0.473 e. The molecule has 2 aromatic carbocycles. The SMILES string of the molecule is Cc1cc(OC(C)(C(N)=O)c2ccccc2Cl)ccc1Cl. The second-order valence-electron chi connectivity index (χ2n) is 4.89. The fourth-order valence-corrected chi connectivity index (χ4v) is 2.44. The second-order valence-corrected chi connectivity index (χ2v) is 5.70. The zero-order valence-electron chi connectivity index (χ0n) is 11.7. The number of rotatable bonds is 4. The molecular formula is C16H15Cl2NO2. The molecule has 0 aliphatic heterocycles. The summed E-state index contributed by atoms with van der Waals surface area (Å²) >= 11 is 12.2. The van der Waals surface area contributed by atoms with Gasteiger partial charge in [0.05, 0.1) is 0 Å². The van der Waals surface area contributed by atoms with Gasteiger partial charge in [-0.25, -0.2) is 0 Å². The van der Waals surface area contributed by atoms with Gasteiger partial charge in [-0.05, 0) is 43.7 Å². The summed E-state index contributed by atoms with van der Waals surface area (Å²) < 4.78 is 5.85. The Morgan fingerprint density at radius 2 is 1.81 bits per heavy atom. The van der Waals surface area contributed by atoms with Crippen LogP contribution in [0.1, 0.15) is 18.1 Å². The Labute approximate surface area is 133 Å². The molecule has 3 nitrogen and oxygen atoms in total. The van der Waals surface area contributed by atoms with Gasteiger partial charge >= 0.3 is 0 Å². The van der Waals surface area contributed by atoms with Gasteiger partial charge < -0.3 is 10.5 Å². The van der Waals surface area contributed by atoms with Gasteiger partial charge in [0.1, 0.15) is 5.75 Å². The lowest BCUT2D eigenvalue weighted by molar-refractivity contribution is -0.132. The number of carbonyl (C=O) groups is 1. The number of ether oxygens (including phenoxy) is 1. The van der Waals surface area contributed by atoms with Crippen molar-refractivity contribution in [2.45, 2.75) is 19.4 Å². The van der Waals surface area contributed by atoms with Crippen LogP contribution in [0, 0.1) is 6.92 Å². The molecule has 0 radical (unpaired) electrons. The third-order valence-electron chi connectivity index (χ3n) is 3.31. The monoisotopic (exact) mass is 323 g/mol. The lowest BCUT2D eigenvalue weighted by Crippen LogP contribution is -2.43. The summed E-state index contributed by atoms with van der Waals surface area (Å²) in [6.07, 6.45) is 0. The van der Waals surface area contributed by atoms with E-state index in [1.54, 1.807) is 49.4 Å². The highest BCUT2D eigenvalue weighted by atomic mass is 35.5. The van der Waals surface area contributed by atoms with Gasteiger partial charge in [0.2, 0.25) is 5.60 Å². The van der Waals surface area contributed by atoms with E-state index < -0.39 is 11.5 Å². The molecule has 1 unspecified atom stereocenters. The van der Waals surface area contributed by atoms with Crippen molar-refractivity contribution in [3.05, 3.63) is 63.6 Å². The summed E-state index contributed by atoms with van der Waals surface area (Å²) in [6.45, 7) is 3.45. The van der Waals surface area contributed by atoms with Crippen LogP contribution < -0.4 is 10.5 Å². The zero-order chi connectivity index (χ0) is 15.6. The predicted molar refractivity (Wildman–Crippen MR) is 84.8 cm³/mol. The molecule has 0 fully saturated rings. The van der Waals surface area contributed by atoms with Crippen LogP contribution in [0.15, 0.2) is 42.5 Å². The third-order valence-corrected chi connectivity index (χ3v) is 4.06. The highest BCUT2D eigenvalue weighted by Crippen LogP contribution is 2.33. The molecule has 0 aliphatic rings. The number of nitrogens with two attached hydrogens (primary N) is 1. The van der Waals surface area contributed by atoms with Crippen molar-refractivity contribution >= 4 is 29.1 Å². The maximum atomic E-state index is 11.9. The third kappa shape index (κ3) is 3.14. The molecule has 21 heavy (non-hydrogen) atoms. The van der Waals surface area contributed by atoms with Gasteiger partial charge in [-0.3, -0.25) is 4.79 Å². The molecule has 0 heterocycles. The number of hydrogen-bond donors (Lipinski definition) is 1. The Balaban J connectivity index is 2.46. The average molecular weight is 324 g/mol. The van der Waals surface area contributed by atoms with Crippen LogP contribution in [0.4, 0.5) is 0 Å². The minimum atomic E-state index is -1.36.